The van der Waals surface area contributed by atoms with E-state index in [4.69, 9.17) is 5.11 Å². The minimum absolute atomic E-state index is 0.481. The number of hydrogen-bond acceptors (Lipinski definition) is 1. The number of hydrogen-bond donors (Lipinski definition) is 1. The first-order valence-corrected chi connectivity index (χ1v) is 2.28. The summed E-state index contributed by atoms with van der Waals surface area (Å²) < 4.78 is 12.2. The molecule has 2 nitrogen and oxygen atoms in total. The van der Waals surface area contributed by atoms with E-state index in [1.54, 1.807) is 0 Å². The maximum Gasteiger partial charge on any atom is 0.334 e. The molecule has 3 heteroatoms. The van der Waals surface area contributed by atoms with Gasteiger partial charge in [-0.2, -0.15) is 0 Å². The van der Waals surface area contributed by atoms with E-state index in [1.807, 2.05) is 0 Å². The van der Waals surface area contributed by atoms with Crippen molar-refractivity contribution in [3.05, 3.63) is 24.8 Å². The lowest BCUT2D eigenvalue weighted by Crippen LogP contribution is -2.09. The highest BCUT2D eigenvalue weighted by molar-refractivity contribution is 5.87. The van der Waals surface area contributed by atoms with Crippen molar-refractivity contribution in [2.45, 2.75) is 6.17 Å². The number of carboxylic acids is 1. The Hall–Kier alpha value is -1.12. The normalized spacial score (nSPS) is 12.1. The van der Waals surface area contributed by atoms with Crippen molar-refractivity contribution in [2.75, 3.05) is 0 Å². The molecule has 0 heterocycles. The Morgan fingerprint density at radius 1 is 1.78 bits per heavy atom. The molecule has 0 saturated heterocycles. The number of carbonyl (C=O) groups is 1. The molecule has 0 radical (unpaired) electrons. The van der Waals surface area contributed by atoms with E-state index in [0.717, 1.165) is 6.08 Å². The molecule has 9 heavy (non-hydrogen) atoms. The maximum atomic E-state index is 12.2. The highest BCUT2D eigenvalue weighted by Gasteiger charge is 2.12. The van der Waals surface area contributed by atoms with Crippen LogP contribution in [0.15, 0.2) is 24.8 Å². The molecule has 1 N–H and O–H groups in total. The van der Waals surface area contributed by atoms with Crippen molar-refractivity contribution >= 4 is 5.97 Å². The van der Waals surface area contributed by atoms with E-state index >= 15 is 0 Å². The fraction of sp³-hybridized carbons (Fsp3) is 0.167. The molecular weight excluding hydrogens is 123 g/mol. The first kappa shape index (κ1) is 7.88. The van der Waals surface area contributed by atoms with Crippen LogP contribution in [-0.4, -0.2) is 17.2 Å². The van der Waals surface area contributed by atoms with Gasteiger partial charge in [0.15, 0.2) is 0 Å². The standard InChI is InChI=1S/C6H7FO2/c1-3-5(7)4(2)6(8)9/h3,5H,1-2H2,(H,8,9). The van der Waals surface area contributed by atoms with E-state index in [-0.39, 0.29) is 0 Å². The Balaban J connectivity index is 4.03. The molecule has 0 saturated carbocycles. The molecule has 0 aliphatic carbocycles. The number of rotatable bonds is 3. The van der Waals surface area contributed by atoms with E-state index in [1.165, 1.54) is 0 Å². The summed E-state index contributed by atoms with van der Waals surface area (Å²) in [5.41, 5.74) is -0.481. The van der Waals surface area contributed by atoms with E-state index in [0.29, 0.717) is 0 Å². The second-order valence-electron chi connectivity index (χ2n) is 1.47. The van der Waals surface area contributed by atoms with Crippen molar-refractivity contribution in [1.82, 2.24) is 0 Å². The summed E-state index contributed by atoms with van der Waals surface area (Å²) in [4.78, 5) is 9.91. The van der Waals surface area contributed by atoms with E-state index < -0.39 is 17.7 Å². The quantitative estimate of drug-likeness (QED) is 0.459. The average molecular weight is 130 g/mol. The topological polar surface area (TPSA) is 37.3 Å². The van der Waals surface area contributed by atoms with Gasteiger partial charge in [0.05, 0.1) is 5.57 Å². The van der Waals surface area contributed by atoms with Crippen molar-refractivity contribution in [3.63, 3.8) is 0 Å². The molecular formula is C6H7FO2. The number of carboxylic acid groups (broad SMARTS) is 1. The fourth-order valence-electron chi connectivity index (χ4n) is 0.260. The minimum atomic E-state index is -1.64. The van der Waals surface area contributed by atoms with Crippen LogP contribution in [0.2, 0.25) is 0 Å². The number of halogens is 1. The second-order valence-corrected chi connectivity index (χ2v) is 1.47. The SMILES string of the molecule is C=CC(F)C(=C)C(=O)O. The van der Waals surface area contributed by atoms with Crippen molar-refractivity contribution < 1.29 is 14.3 Å². The molecule has 0 aliphatic rings. The second kappa shape index (κ2) is 3.02. The zero-order valence-corrected chi connectivity index (χ0v) is 4.80. The van der Waals surface area contributed by atoms with Crippen molar-refractivity contribution in [3.8, 4) is 0 Å². The van der Waals surface area contributed by atoms with Gasteiger partial charge in [0, 0.05) is 0 Å². The Morgan fingerprint density at radius 3 is 2.33 bits per heavy atom. The van der Waals surface area contributed by atoms with Crippen molar-refractivity contribution in [2.24, 2.45) is 0 Å². The predicted octanol–water partition coefficient (Wildman–Crippen LogP) is 1.15. The molecule has 0 aromatic carbocycles. The summed E-state index contributed by atoms with van der Waals surface area (Å²) in [5.74, 6) is -1.33. The Bertz CT molecular complexity index is 151. The van der Waals surface area contributed by atoms with Crippen LogP contribution < -0.4 is 0 Å². The van der Waals surface area contributed by atoms with Gasteiger partial charge in [0.2, 0.25) is 0 Å². The van der Waals surface area contributed by atoms with Crippen LogP contribution in [0.4, 0.5) is 4.39 Å². The molecule has 0 bridgehead atoms. The van der Waals surface area contributed by atoms with Crippen LogP contribution in [0.5, 0.6) is 0 Å². The highest BCUT2D eigenvalue weighted by Crippen LogP contribution is 2.04. The molecule has 1 atom stereocenters. The lowest BCUT2D eigenvalue weighted by molar-refractivity contribution is -0.133. The van der Waals surface area contributed by atoms with Gasteiger partial charge in [-0.25, -0.2) is 9.18 Å². The summed E-state index contributed by atoms with van der Waals surface area (Å²) in [6, 6.07) is 0. The zero-order valence-electron chi connectivity index (χ0n) is 4.80. The van der Waals surface area contributed by atoms with Gasteiger partial charge < -0.3 is 5.11 Å². The zero-order chi connectivity index (χ0) is 7.44. The van der Waals surface area contributed by atoms with Gasteiger partial charge in [0.25, 0.3) is 0 Å². The molecule has 0 aromatic heterocycles. The first-order valence-electron chi connectivity index (χ1n) is 2.28. The monoisotopic (exact) mass is 130 g/mol. The first-order chi connectivity index (χ1) is 4.09. The van der Waals surface area contributed by atoms with Gasteiger partial charge in [-0.15, -0.1) is 0 Å². The fourth-order valence-corrected chi connectivity index (χ4v) is 0.260. The molecule has 0 amide bonds. The molecule has 0 spiro atoms. The van der Waals surface area contributed by atoms with Gasteiger partial charge in [-0.1, -0.05) is 19.2 Å². The summed E-state index contributed by atoms with van der Waals surface area (Å²) in [6.45, 7) is 6.04. The third kappa shape index (κ3) is 2.08. The number of allylic oxidation sites excluding steroid dienone is 1. The Kier molecular flexibility index (Phi) is 2.64. The lowest BCUT2D eigenvalue weighted by Gasteiger charge is -1.98. The van der Waals surface area contributed by atoms with Gasteiger partial charge in [-0.05, 0) is 0 Å². The summed E-state index contributed by atoms with van der Waals surface area (Å²) in [6.07, 6.45) is -0.751. The highest BCUT2D eigenvalue weighted by atomic mass is 19.1. The van der Waals surface area contributed by atoms with Gasteiger partial charge in [-0.3, -0.25) is 0 Å². The Labute approximate surface area is 52.3 Å². The van der Waals surface area contributed by atoms with Crippen LogP contribution in [0, 0.1) is 0 Å². The average Bonchev–Trinajstić information content (AvgIpc) is 1.84. The van der Waals surface area contributed by atoms with Crippen LogP contribution in [-0.2, 0) is 4.79 Å². The lowest BCUT2D eigenvalue weighted by atomic mass is 10.2. The maximum absolute atomic E-state index is 12.2. The van der Waals surface area contributed by atoms with Crippen molar-refractivity contribution in [1.29, 1.82) is 0 Å². The largest absolute Gasteiger partial charge is 0.478 e. The summed E-state index contributed by atoms with van der Waals surface area (Å²) in [7, 11) is 0. The third-order valence-electron chi connectivity index (χ3n) is 0.815. The van der Waals surface area contributed by atoms with Crippen LogP contribution in [0.3, 0.4) is 0 Å². The van der Waals surface area contributed by atoms with E-state index in [9.17, 15) is 9.18 Å². The smallest absolute Gasteiger partial charge is 0.334 e. The molecule has 0 aliphatic heterocycles. The molecule has 1 unspecified atom stereocenters. The number of alkyl halides is 1. The molecule has 0 aromatic rings. The molecule has 50 valence electrons. The molecule has 0 rings (SSSR count). The predicted molar refractivity (Wildman–Crippen MR) is 31.9 cm³/mol. The summed E-state index contributed by atoms with van der Waals surface area (Å²) in [5, 5.41) is 8.10. The van der Waals surface area contributed by atoms with Crippen LogP contribution >= 0.6 is 0 Å². The number of aliphatic carboxylic acids is 1. The van der Waals surface area contributed by atoms with Crippen LogP contribution in [0.25, 0.3) is 0 Å². The summed E-state index contributed by atoms with van der Waals surface area (Å²) >= 11 is 0. The van der Waals surface area contributed by atoms with E-state index in [2.05, 4.69) is 13.2 Å². The van der Waals surface area contributed by atoms with Gasteiger partial charge in [0.1, 0.15) is 6.17 Å². The minimum Gasteiger partial charge on any atom is -0.478 e. The van der Waals surface area contributed by atoms with Crippen LogP contribution in [0.1, 0.15) is 0 Å². The third-order valence-corrected chi connectivity index (χ3v) is 0.815. The Morgan fingerprint density at radius 2 is 2.22 bits per heavy atom. The molecule has 0 fully saturated rings. The van der Waals surface area contributed by atoms with Gasteiger partial charge >= 0.3 is 5.97 Å².